The fourth-order valence-corrected chi connectivity index (χ4v) is 1.10. The molecule has 0 unspecified atom stereocenters. The Morgan fingerprint density at radius 3 is 1.19 bits per heavy atom. The maximum atomic E-state index is 11.9. The van der Waals surface area contributed by atoms with Crippen LogP contribution in [0.3, 0.4) is 0 Å². The normalized spacial score (nSPS) is 9.25. The van der Waals surface area contributed by atoms with Crippen LogP contribution >= 0.6 is 0 Å². The Kier molecular flexibility index (Phi) is 4.65. The van der Waals surface area contributed by atoms with Crippen molar-refractivity contribution < 1.29 is 8.78 Å². The van der Waals surface area contributed by atoms with E-state index in [2.05, 4.69) is 38.1 Å². The first kappa shape index (κ1) is 12.4. The van der Waals surface area contributed by atoms with Crippen LogP contribution in [0.5, 0.6) is 0 Å². The van der Waals surface area contributed by atoms with Crippen LogP contribution in [0.4, 0.5) is 8.78 Å². The van der Waals surface area contributed by atoms with Crippen LogP contribution in [-0.2, 0) is 0 Å². The van der Waals surface area contributed by atoms with E-state index in [1.54, 1.807) is 0 Å². The molecule has 0 aliphatic heterocycles. The highest BCUT2D eigenvalue weighted by atomic mass is 19.2. The smallest absolute Gasteiger partial charge is 0.158 e. The maximum absolute atomic E-state index is 11.9. The lowest BCUT2D eigenvalue weighted by atomic mass is 10.1. The van der Waals surface area contributed by atoms with Crippen molar-refractivity contribution in [2.24, 2.45) is 0 Å². The monoisotopic (exact) mass is 220 g/mol. The summed E-state index contributed by atoms with van der Waals surface area (Å²) in [5, 5.41) is 0. The fourth-order valence-electron chi connectivity index (χ4n) is 1.10. The number of aryl methyl sites for hydroxylation is 2. The summed E-state index contributed by atoms with van der Waals surface area (Å²) in [5.74, 6) is -1.60. The van der Waals surface area contributed by atoms with Gasteiger partial charge in [0.05, 0.1) is 0 Å². The molecule has 0 aliphatic carbocycles. The lowest BCUT2D eigenvalue weighted by molar-refractivity contribution is 0.508. The first-order chi connectivity index (χ1) is 7.61. The van der Waals surface area contributed by atoms with Crippen molar-refractivity contribution in [2.45, 2.75) is 13.8 Å². The highest BCUT2D eigenvalue weighted by Gasteiger charge is 1.93. The molecule has 0 fully saturated rings. The van der Waals surface area contributed by atoms with Crippen molar-refractivity contribution >= 4 is 0 Å². The van der Waals surface area contributed by atoms with Gasteiger partial charge in [0.2, 0.25) is 0 Å². The van der Waals surface area contributed by atoms with Gasteiger partial charge in [-0.25, -0.2) is 8.78 Å². The molecule has 0 nitrogen and oxygen atoms in total. The molecule has 16 heavy (non-hydrogen) atoms. The van der Waals surface area contributed by atoms with E-state index in [4.69, 9.17) is 0 Å². The molecule has 0 bridgehead atoms. The van der Waals surface area contributed by atoms with Crippen LogP contribution in [0, 0.1) is 25.5 Å². The second kappa shape index (κ2) is 6.01. The number of benzene rings is 2. The van der Waals surface area contributed by atoms with E-state index in [0.29, 0.717) is 0 Å². The largest absolute Gasteiger partial charge is 0.204 e. The number of hydrogen-bond donors (Lipinski definition) is 0. The van der Waals surface area contributed by atoms with Crippen molar-refractivity contribution in [2.75, 3.05) is 0 Å². The molecule has 0 saturated heterocycles. The Labute approximate surface area is 94.6 Å². The van der Waals surface area contributed by atoms with Crippen LogP contribution in [0.2, 0.25) is 0 Å². The van der Waals surface area contributed by atoms with Gasteiger partial charge in [0.15, 0.2) is 11.6 Å². The molecule has 0 atom stereocenters. The molecule has 0 radical (unpaired) electrons. The van der Waals surface area contributed by atoms with Crippen molar-refractivity contribution in [3.8, 4) is 0 Å². The van der Waals surface area contributed by atoms with Gasteiger partial charge >= 0.3 is 0 Å². The Hall–Kier alpha value is -1.70. The molecule has 0 N–H and O–H groups in total. The summed E-state index contributed by atoms with van der Waals surface area (Å²) in [7, 11) is 0. The van der Waals surface area contributed by atoms with Gasteiger partial charge in [-0.15, -0.1) is 0 Å². The zero-order valence-electron chi connectivity index (χ0n) is 9.37. The first-order valence-corrected chi connectivity index (χ1v) is 5.03. The van der Waals surface area contributed by atoms with E-state index in [1.165, 1.54) is 23.3 Å². The van der Waals surface area contributed by atoms with E-state index in [1.807, 2.05) is 0 Å². The molecule has 2 aromatic carbocycles. The van der Waals surface area contributed by atoms with Crippen LogP contribution in [-0.4, -0.2) is 0 Å². The van der Waals surface area contributed by atoms with Gasteiger partial charge in [-0.3, -0.25) is 0 Å². The van der Waals surface area contributed by atoms with E-state index >= 15 is 0 Å². The van der Waals surface area contributed by atoms with Crippen molar-refractivity contribution in [3.63, 3.8) is 0 Å². The van der Waals surface area contributed by atoms with Crippen molar-refractivity contribution in [1.29, 1.82) is 0 Å². The molecular formula is C14H14F2. The zero-order chi connectivity index (χ0) is 12.0. The van der Waals surface area contributed by atoms with Crippen LogP contribution in [0.15, 0.2) is 48.5 Å². The lowest BCUT2D eigenvalue weighted by Gasteiger charge is -1.93. The quantitative estimate of drug-likeness (QED) is 0.622. The minimum Gasteiger partial charge on any atom is -0.204 e. The van der Waals surface area contributed by atoms with Gasteiger partial charge in [-0.2, -0.15) is 0 Å². The molecule has 2 aromatic rings. The Balaban J connectivity index is 0.000000160. The van der Waals surface area contributed by atoms with Crippen molar-refractivity contribution in [3.05, 3.63) is 71.3 Å². The minimum absolute atomic E-state index is 0.799. The lowest BCUT2D eigenvalue weighted by Crippen LogP contribution is -1.77. The van der Waals surface area contributed by atoms with E-state index < -0.39 is 11.6 Å². The Bertz CT molecular complexity index is 364. The summed E-state index contributed by atoms with van der Waals surface area (Å²) in [5.41, 5.74) is 2.74. The van der Waals surface area contributed by atoms with Gasteiger partial charge in [0.25, 0.3) is 0 Å². The van der Waals surface area contributed by atoms with E-state index in [0.717, 1.165) is 12.1 Å². The zero-order valence-corrected chi connectivity index (χ0v) is 9.37. The van der Waals surface area contributed by atoms with Gasteiger partial charge in [0, 0.05) is 0 Å². The van der Waals surface area contributed by atoms with Gasteiger partial charge in [0.1, 0.15) is 0 Å². The summed E-state index contributed by atoms with van der Waals surface area (Å²) < 4.78 is 23.9. The Morgan fingerprint density at radius 2 is 0.938 bits per heavy atom. The third-order valence-corrected chi connectivity index (χ3v) is 2.25. The molecule has 0 amide bonds. The summed E-state index contributed by atoms with van der Waals surface area (Å²) in [6.45, 7) is 4.24. The second-order valence-corrected chi connectivity index (χ2v) is 3.50. The standard InChI is InChI=1S/C8H10.C6H4F2/c1-7-5-3-4-6-8(7)2;7-5-3-1-2-4-6(5)8/h3-6H,1-2H3;1-4H. The molecule has 0 aliphatic rings. The molecule has 0 heterocycles. The third-order valence-electron chi connectivity index (χ3n) is 2.25. The summed E-state index contributed by atoms with van der Waals surface area (Å²) in [6.07, 6.45) is 0. The molecule has 0 spiro atoms. The average Bonchev–Trinajstić information content (AvgIpc) is 2.28. The minimum atomic E-state index is -0.799. The van der Waals surface area contributed by atoms with Gasteiger partial charge in [-0.1, -0.05) is 36.4 Å². The van der Waals surface area contributed by atoms with Crippen molar-refractivity contribution in [1.82, 2.24) is 0 Å². The second-order valence-electron chi connectivity index (χ2n) is 3.50. The molecule has 2 rings (SSSR count). The fraction of sp³-hybridized carbons (Fsp3) is 0.143. The molecule has 0 saturated carbocycles. The summed E-state index contributed by atoms with van der Waals surface area (Å²) in [4.78, 5) is 0. The molecule has 2 heteroatoms. The number of rotatable bonds is 0. The maximum Gasteiger partial charge on any atom is 0.158 e. The molecule has 0 aromatic heterocycles. The summed E-state index contributed by atoms with van der Waals surface area (Å²) in [6, 6.07) is 13.4. The highest BCUT2D eigenvalue weighted by Crippen LogP contribution is 2.02. The third kappa shape index (κ3) is 3.81. The average molecular weight is 220 g/mol. The highest BCUT2D eigenvalue weighted by molar-refractivity contribution is 5.23. The van der Waals surface area contributed by atoms with E-state index in [-0.39, 0.29) is 0 Å². The van der Waals surface area contributed by atoms with Gasteiger partial charge < -0.3 is 0 Å². The number of hydrogen-bond acceptors (Lipinski definition) is 0. The first-order valence-electron chi connectivity index (χ1n) is 5.03. The number of halogens is 2. The molecule has 84 valence electrons. The Morgan fingerprint density at radius 1 is 0.625 bits per heavy atom. The summed E-state index contributed by atoms with van der Waals surface area (Å²) >= 11 is 0. The van der Waals surface area contributed by atoms with Crippen LogP contribution < -0.4 is 0 Å². The van der Waals surface area contributed by atoms with Gasteiger partial charge in [-0.05, 0) is 37.1 Å². The van der Waals surface area contributed by atoms with Crippen LogP contribution in [0.1, 0.15) is 11.1 Å². The van der Waals surface area contributed by atoms with E-state index in [9.17, 15) is 8.78 Å². The topological polar surface area (TPSA) is 0 Å². The molecular weight excluding hydrogens is 206 g/mol. The van der Waals surface area contributed by atoms with Crippen LogP contribution in [0.25, 0.3) is 0 Å². The predicted octanol–water partition coefficient (Wildman–Crippen LogP) is 4.27. The SMILES string of the molecule is Cc1ccccc1C.Fc1ccccc1F. The predicted molar refractivity (Wildman–Crippen MR) is 62.3 cm³/mol.